The number of para-hydroxylation sites is 1. The van der Waals surface area contributed by atoms with Gasteiger partial charge < -0.3 is 19.5 Å². The largest absolute Gasteiger partial charge is 0.493 e. The Morgan fingerprint density at radius 1 is 1.24 bits per heavy atom. The summed E-state index contributed by atoms with van der Waals surface area (Å²) in [4.78, 5) is 24.9. The quantitative estimate of drug-likeness (QED) is 0.833. The van der Waals surface area contributed by atoms with Crippen LogP contribution in [0.15, 0.2) is 18.2 Å². The normalized spacial score (nSPS) is 10.3. The molecule has 1 amide bonds. The summed E-state index contributed by atoms with van der Waals surface area (Å²) >= 11 is 0. The summed E-state index contributed by atoms with van der Waals surface area (Å²) in [6.07, 6.45) is -0.101. The number of hydrogen-bond donors (Lipinski definition) is 1. The van der Waals surface area contributed by atoms with Crippen LogP contribution in [0.4, 0.5) is 0 Å². The second-order valence-corrected chi connectivity index (χ2v) is 4.78. The molecule has 0 radical (unpaired) electrons. The topological polar surface area (TPSA) is 76.1 Å². The summed E-state index contributed by atoms with van der Waals surface area (Å²) in [6.45, 7) is 3.82. The summed E-state index contributed by atoms with van der Waals surface area (Å²) in [7, 11) is 2.96. The molecule has 21 heavy (non-hydrogen) atoms. The predicted octanol–water partition coefficient (Wildman–Crippen LogP) is 2.03. The molecule has 1 aromatic rings. The van der Waals surface area contributed by atoms with Gasteiger partial charge in [0.25, 0.3) is 5.91 Å². The van der Waals surface area contributed by atoms with E-state index < -0.39 is 5.97 Å². The van der Waals surface area contributed by atoms with Crippen LogP contribution in [0.1, 0.15) is 30.6 Å². The number of carbonyl (C=O) groups is 2. The van der Waals surface area contributed by atoms with Crippen LogP contribution in [0.2, 0.25) is 0 Å². The van der Waals surface area contributed by atoms with Gasteiger partial charge in [0.1, 0.15) is 0 Å². The average molecular weight is 295 g/mol. The summed E-state index contributed by atoms with van der Waals surface area (Å²) in [5, 5.41) is 8.80. The fourth-order valence-electron chi connectivity index (χ4n) is 2.02. The molecule has 0 saturated heterocycles. The summed E-state index contributed by atoms with van der Waals surface area (Å²) in [5.41, 5.74) is 0.357. The van der Waals surface area contributed by atoms with Crippen molar-refractivity contribution in [3.8, 4) is 11.5 Å². The average Bonchev–Trinajstić information content (AvgIpc) is 2.45. The second-order valence-electron chi connectivity index (χ2n) is 4.78. The first kappa shape index (κ1) is 16.8. The van der Waals surface area contributed by atoms with Gasteiger partial charge in [-0.1, -0.05) is 6.07 Å². The smallest absolute Gasteiger partial charge is 0.305 e. The number of aliphatic carboxylic acids is 1. The summed E-state index contributed by atoms with van der Waals surface area (Å²) in [5.74, 6) is -0.399. The highest BCUT2D eigenvalue weighted by atomic mass is 16.5. The molecule has 0 spiro atoms. The number of hydrogen-bond acceptors (Lipinski definition) is 4. The molecule has 0 aliphatic carbocycles. The van der Waals surface area contributed by atoms with Crippen molar-refractivity contribution in [2.75, 3.05) is 20.8 Å². The van der Waals surface area contributed by atoms with E-state index in [1.54, 1.807) is 18.2 Å². The Morgan fingerprint density at radius 3 is 2.38 bits per heavy atom. The van der Waals surface area contributed by atoms with Crippen LogP contribution in [-0.2, 0) is 4.79 Å². The number of amides is 1. The number of methoxy groups -OCH3 is 2. The SMILES string of the molecule is COc1cccc(C(=O)N(CCC(=O)O)C(C)C)c1OC. The number of carbonyl (C=O) groups excluding carboxylic acids is 1. The molecule has 0 aromatic heterocycles. The lowest BCUT2D eigenvalue weighted by Crippen LogP contribution is -2.38. The lowest BCUT2D eigenvalue weighted by Gasteiger charge is -2.27. The first-order valence-corrected chi connectivity index (χ1v) is 6.66. The molecule has 0 bridgehead atoms. The zero-order valence-corrected chi connectivity index (χ0v) is 12.8. The zero-order valence-electron chi connectivity index (χ0n) is 12.8. The van der Waals surface area contributed by atoms with Gasteiger partial charge in [0.05, 0.1) is 26.2 Å². The molecular formula is C15H21NO5. The van der Waals surface area contributed by atoms with Crippen molar-refractivity contribution < 1.29 is 24.2 Å². The molecule has 0 aliphatic rings. The highest BCUT2D eigenvalue weighted by molar-refractivity contribution is 5.98. The maximum Gasteiger partial charge on any atom is 0.305 e. The van der Waals surface area contributed by atoms with Crippen molar-refractivity contribution in [2.45, 2.75) is 26.3 Å². The van der Waals surface area contributed by atoms with Crippen molar-refractivity contribution in [1.29, 1.82) is 0 Å². The Balaban J connectivity index is 3.11. The van der Waals surface area contributed by atoms with Crippen LogP contribution in [-0.4, -0.2) is 48.7 Å². The fourth-order valence-corrected chi connectivity index (χ4v) is 2.02. The van der Waals surface area contributed by atoms with Gasteiger partial charge in [0.15, 0.2) is 11.5 Å². The molecule has 1 N–H and O–H groups in total. The Hall–Kier alpha value is -2.24. The molecule has 1 aromatic carbocycles. The number of rotatable bonds is 7. The third kappa shape index (κ3) is 4.11. The van der Waals surface area contributed by atoms with E-state index >= 15 is 0 Å². The minimum Gasteiger partial charge on any atom is -0.493 e. The standard InChI is InChI=1S/C15H21NO5/c1-10(2)16(9-8-13(17)18)15(19)11-6-5-7-12(20-3)14(11)21-4/h5-7,10H,8-9H2,1-4H3,(H,17,18). The second kappa shape index (κ2) is 7.52. The van der Waals surface area contributed by atoms with Crippen LogP contribution in [0.3, 0.4) is 0 Å². The van der Waals surface area contributed by atoms with E-state index in [1.165, 1.54) is 19.1 Å². The van der Waals surface area contributed by atoms with Gasteiger partial charge in [0, 0.05) is 12.6 Å². The number of ether oxygens (including phenoxy) is 2. The molecular weight excluding hydrogens is 274 g/mol. The van der Waals surface area contributed by atoms with E-state index in [1.807, 2.05) is 13.8 Å². The molecule has 0 saturated carbocycles. The van der Waals surface area contributed by atoms with Crippen LogP contribution in [0.5, 0.6) is 11.5 Å². The number of nitrogens with zero attached hydrogens (tertiary/aromatic N) is 1. The third-order valence-corrected chi connectivity index (χ3v) is 3.08. The molecule has 0 aliphatic heterocycles. The van der Waals surface area contributed by atoms with E-state index in [0.29, 0.717) is 17.1 Å². The van der Waals surface area contributed by atoms with Crippen LogP contribution < -0.4 is 9.47 Å². The van der Waals surface area contributed by atoms with Crippen molar-refractivity contribution in [3.63, 3.8) is 0 Å². The minimum absolute atomic E-state index is 0.101. The Bertz CT molecular complexity index is 513. The fraction of sp³-hybridized carbons (Fsp3) is 0.467. The Labute approximate surface area is 124 Å². The first-order valence-electron chi connectivity index (χ1n) is 6.66. The van der Waals surface area contributed by atoms with Crippen molar-refractivity contribution in [1.82, 2.24) is 4.90 Å². The van der Waals surface area contributed by atoms with E-state index in [-0.39, 0.29) is 24.9 Å². The molecule has 0 fully saturated rings. The van der Waals surface area contributed by atoms with E-state index in [4.69, 9.17) is 14.6 Å². The maximum atomic E-state index is 12.6. The van der Waals surface area contributed by atoms with Gasteiger partial charge in [-0.15, -0.1) is 0 Å². The zero-order chi connectivity index (χ0) is 16.0. The van der Waals surface area contributed by atoms with Crippen LogP contribution >= 0.6 is 0 Å². The predicted molar refractivity (Wildman–Crippen MR) is 78.0 cm³/mol. The van der Waals surface area contributed by atoms with Crippen LogP contribution in [0.25, 0.3) is 0 Å². The van der Waals surface area contributed by atoms with E-state index in [2.05, 4.69) is 0 Å². The maximum absolute atomic E-state index is 12.6. The lowest BCUT2D eigenvalue weighted by molar-refractivity contribution is -0.137. The van der Waals surface area contributed by atoms with Gasteiger partial charge in [0.2, 0.25) is 0 Å². The van der Waals surface area contributed by atoms with Crippen molar-refractivity contribution >= 4 is 11.9 Å². The monoisotopic (exact) mass is 295 g/mol. The number of carboxylic acids is 1. The Kier molecular flexibility index (Phi) is 6.02. The van der Waals surface area contributed by atoms with Gasteiger partial charge in [-0.25, -0.2) is 0 Å². The van der Waals surface area contributed by atoms with Crippen molar-refractivity contribution in [3.05, 3.63) is 23.8 Å². The third-order valence-electron chi connectivity index (χ3n) is 3.08. The van der Waals surface area contributed by atoms with E-state index in [9.17, 15) is 9.59 Å². The minimum atomic E-state index is -0.939. The molecule has 6 nitrogen and oxygen atoms in total. The van der Waals surface area contributed by atoms with Gasteiger partial charge in [-0.2, -0.15) is 0 Å². The first-order chi connectivity index (χ1) is 9.92. The lowest BCUT2D eigenvalue weighted by atomic mass is 10.1. The number of benzene rings is 1. The molecule has 0 unspecified atom stereocenters. The van der Waals surface area contributed by atoms with Gasteiger partial charge >= 0.3 is 5.97 Å². The molecule has 0 atom stereocenters. The molecule has 1 rings (SSSR count). The summed E-state index contributed by atoms with van der Waals surface area (Å²) < 4.78 is 10.4. The highest BCUT2D eigenvalue weighted by Crippen LogP contribution is 2.31. The molecule has 6 heteroatoms. The Morgan fingerprint density at radius 2 is 1.90 bits per heavy atom. The van der Waals surface area contributed by atoms with Gasteiger partial charge in [-0.3, -0.25) is 9.59 Å². The number of carboxylic acid groups (broad SMARTS) is 1. The van der Waals surface area contributed by atoms with Crippen molar-refractivity contribution in [2.24, 2.45) is 0 Å². The highest BCUT2D eigenvalue weighted by Gasteiger charge is 2.24. The van der Waals surface area contributed by atoms with Crippen LogP contribution in [0, 0.1) is 0 Å². The van der Waals surface area contributed by atoms with Gasteiger partial charge in [-0.05, 0) is 26.0 Å². The molecule has 0 heterocycles. The molecule has 116 valence electrons. The summed E-state index contributed by atoms with van der Waals surface area (Å²) in [6, 6.07) is 4.92. The van der Waals surface area contributed by atoms with E-state index in [0.717, 1.165) is 0 Å².